The molecule has 2 saturated heterocycles. The van der Waals surface area contributed by atoms with Crippen LogP contribution in [0.2, 0.25) is 0 Å². The molecule has 0 unspecified atom stereocenters. The van der Waals surface area contributed by atoms with Gasteiger partial charge in [0, 0.05) is 0 Å². The Morgan fingerprint density at radius 1 is 0.938 bits per heavy atom. The lowest BCUT2D eigenvalue weighted by Gasteiger charge is -2.30. The fourth-order valence-electron chi connectivity index (χ4n) is 1.80. The van der Waals surface area contributed by atoms with Crippen molar-refractivity contribution >= 4 is 7.12 Å². The molecule has 16 heavy (non-hydrogen) atoms. The number of hydrogen-bond donors (Lipinski definition) is 0. The third kappa shape index (κ3) is 2.01. The summed E-state index contributed by atoms with van der Waals surface area (Å²) in [4.78, 5) is 0. The monoisotopic (exact) mass is 228 g/mol. The highest BCUT2D eigenvalue weighted by molar-refractivity contribution is 6.46. The first-order valence-corrected chi connectivity index (χ1v) is 5.78. The fraction of sp³-hybridized carbons (Fsp3) is 1.00. The maximum absolute atomic E-state index is 5.87. The Labute approximate surface area is 97.7 Å². The van der Waals surface area contributed by atoms with Crippen LogP contribution in [-0.2, 0) is 18.8 Å². The Hall–Kier alpha value is -0.0951. The van der Waals surface area contributed by atoms with Gasteiger partial charge in [-0.1, -0.05) is 0 Å². The summed E-state index contributed by atoms with van der Waals surface area (Å²) in [5, 5.41) is 0. The molecule has 5 heteroatoms. The Morgan fingerprint density at radius 2 is 1.44 bits per heavy atom. The second kappa shape index (κ2) is 3.45. The molecule has 2 aliphatic rings. The molecule has 92 valence electrons. The maximum atomic E-state index is 5.87. The van der Waals surface area contributed by atoms with E-state index in [-0.39, 0.29) is 16.8 Å². The number of ether oxygens (including phenoxy) is 2. The molecule has 0 radical (unpaired) electrons. The van der Waals surface area contributed by atoms with Crippen molar-refractivity contribution in [1.29, 1.82) is 0 Å². The average molecular weight is 228 g/mol. The van der Waals surface area contributed by atoms with Gasteiger partial charge < -0.3 is 18.8 Å². The van der Waals surface area contributed by atoms with E-state index in [4.69, 9.17) is 18.8 Å². The zero-order valence-corrected chi connectivity index (χ0v) is 11.0. The van der Waals surface area contributed by atoms with Gasteiger partial charge in [0.25, 0.3) is 0 Å². The standard InChI is InChI=1S/C11H21BO4/c1-9(2)7-13-12(16-9)8-14-10(3,4)11(5,6)15-8/h8H,7H2,1-6H3. The average Bonchev–Trinajstić information content (AvgIpc) is 2.52. The summed E-state index contributed by atoms with van der Waals surface area (Å²) in [6.45, 7) is 12.7. The summed E-state index contributed by atoms with van der Waals surface area (Å²) in [7, 11) is -0.420. The van der Waals surface area contributed by atoms with Crippen molar-refractivity contribution in [2.24, 2.45) is 0 Å². The maximum Gasteiger partial charge on any atom is 0.517 e. The van der Waals surface area contributed by atoms with Crippen LogP contribution in [0.4, 0.5) is 0 Å². The predicted octanol–water partition coefficient (Wildman–Crippen LogP) is 1.77. The highest BCUT2D eigenvalue weighted by Gasteiger charge is 2.56. The zero-order chi connectivity index (χ0) is 12.2. The van der Waals surface area contributed by atoms with E-state index in [0.717, 1.165) is 0 Å². The van der Waals surface area contributed by atoms with Crippen LogP contribution >= 0.6 is 0 Å². The summed E-state index contributed by atoms with van der Waals surface area (Å²) >= 11 is 0. The topological polar surface area (TPSA) is 36.9 Å². The van der Waals surface area contributed by atoms with Crippen LogP contribution in [0.15, 0.2) is 0 Å². The Morgan fingerprint density at radius 3 is 1.81 bits per heavy atom. The van der Waals surface area contributed by atoms with Crippen molar-refractivity contribution in [2.45, 2.75) is 64.5 Å². The van der Waals surface area contributed by atoms with Crippen LogP contribution in [-0.4, -0.2) is 36.7 Å². The quantitative estimate of drug-likeness (QED) is 0.641. The van der Waals surface area contributed by atoms with Crippen LogP contribution in [0, 0.1) is 0 Å². The van der Waals surface area contributed by atoms with E-state index < -0.39 is 13.3 Å². The van der Waals surface area contributed by atoms with Gasteiger partial charge in [0.05, 0.1) is 23.4 Å². The lowest BCUT2D eigenvalue weighted by Crippen LogP contribution is -2.41. The van der Waals surface area contributed by atoms with Gasteiger partial charge in [0.15, 0.2) is 6.19 Å². The molecule has 2 rings (SSSR count). The summed E-state index contributed by atoms with van der Waals surface area (Å²) < 4.78 is 23.1. The number of rotatable bonds is 1. The van der Waals surface area contributed by atoms with Crippen molar-refractivity contribution < 1.29 is 18.8 Å². The van der Waals surface area contributed by atoms with E-state index in [1.54, 1.807) is 0 Å². The number of hydrogen-bond acceptors (Lipinski definition) is 4. The molecule has 0 aromatic heterocycles. The van der Waals surface area contributed by atoms with Crippen molar-refractivity contribution in [3.63, 3.8) is 0 Å². The van der Waals surface area contributed by atoms with E-state index >= 15 is 0 Å². The summed E-state index contributed by atoms with van der Waals surface area (Å²) in [5.74, 6) is 0. The highest BCUT2D eigenvalue weighted by Crippen LogP contribution is 2.40. The molecular weight excluding hydrogens is 207 g/mol. The third-order valence-electron chi connectivity index (χ3n) is 3.52. The van der Waals surface area contributed by atoms with Gasteiger partial charge in [-0.05, 0) is 41.5 Å². The highest BCUT2D eigenvalue weighted by atomic mass is 16.8. The van der Waals surface area contributed by atoms with Gasteiger partial charge in [0.2, 0.25) is 0 Å². The van der Waals surface area contributed by atoms with Crippen molar-refractivity contribution in [1.82, 2.24) is 0 Å². The minimum absolute atomic E-state index is 0.256. The summed E-state index contributed by atoms with van der Waals surface area (Å²) in [5.41, 5.74) is -0.928. The van der Waals surface area contributed by atoms with Crippen molar-refractivity contribution in [2.75, 3.05) is 6.61 Å². The SMILES string of the molecule is CC1(C)COB(C2OC(C)(C)C(C)(C)O2)O1. The molecule has 2 aliphatic heterocycles. The van der Waals surface area contributed by atoms with Crippen molar-refractivity contribution in [3.05, 3.63) is 0 Å². The molecular formula is C11H21BO4. The van der Waals surface area contributed by atoms with E-state index in [9.17, 15) is 0 Å². The molecule has 0 atom stereocenters. The predicted molar refractivity (Wildman–Crippen MR) is 61.0 cm³/mol. The fourth-order valence-corrected chi connectivity index (χ4v) is 1.80. The third-order valence-corrected chi connectivity index (χ3v) is 3.52. The van der Waals surface area contributed by atoms with Crippen molar-refractivity contribution in [3.8, 4) is 0 Å². The first kappa shape index (κ1) is 12.4. The van der Waals surface area contributed by atoms with Gasteiger partial charge in [0.1, 0.15) is 0 Å². The van der Waals surface area contributed by atoms with Crippen LogP contribution in [0.5, 0.6) is 0 Å². The largest absolute Gasteiger partial charge is 0.517 e. The first-order valence-electron chi connectivity index (χ1n) is 5.78. The van der Waals surface area contributed by atoms with E-state index in [1.165, 1.54) is 0 Å². The normalized spacial score (nSPS) is 32.2. The van der Waals surface area contributed by atoms with Gasteiger partial charge in [-0.15, -0.1) is 0 Å². The molecule has 2 fully saturated rings. The van der Waals surface area contributed by atoms with Crippen LogP contribution in [0.3, 0.4) is 0 Å². The molecule has 0 aromatic carbocycles. The second-order valence-electron chi connectivity index (χ2n) is 6.18. The Bertz CT molecular complexity index is 272. The minimum atomic E-state index is -0.438. The Kier molecular flexibility index (Phi) is 2.67. The second-order valence-corrected chi connectivity index (χ2v) is 6.18. The summed E-state index contributed by atoms with van der Waals surface area (Å²) in [6.07, 6.45) is -0.438. The van der Waals surface area contributed by atoms with Crippen LogP contribution < -0.4 is 0 Å². The van der Waals surface area contributed by atoms with Gasteiger partial charge >= 0.3 is 7.12 Å². The summed E-state index contributed by atoms with van der Waals surface area (Å²) in [6, 6.07) is 0. The molecule has 2 heterocycles. The van der Waals surface area contributed by atoms with Gasteiger partial charge in [-0.2, -0.15) is 0 Å². The molecule has 0 amide bonds. The molecule has 0 spiro atoms. The lowest BCUT2D eigenvalue weighted by molar-refractivity contribution is -0.0520. The minimum Gasteiger partial charge on any atom is -0.405 e. The Balaban J connectivity index is 2.05. The zero-order valence-electron chi connectivity index (χ0n) is 11.0. The molecule has 0 bridgehead atoms. The molecule has 0 aromatic rings. The molecule has 0 saturated carbocycles. The van der Waals surface area contributed by atoms with E-state index in [1.807, 2.05) is 41.5 Å². The van der Waals surface area contributed by atoms with Crippen LogP contribution in [0.1, 0.15) is 41.5 Å². The van der Waals surface area contributed by atoms with Crippen LogP contribution in [0.25, 0.3) is 0 Å². The first-order chi connectivity index (χ1) is 7.13. The molecule has 4 nitrogen and oxygen atoms in total. The van der Waals surface area contributed by atoms with Gasteiger partial charge in [-0.3, -0.25) is 0 Å². The van der Waals surface area contributed by atoms with E-state index in [2.05, 4.69) is 0 Å². The van der Waals surface area contributed by atoms with E-state index in [0.29, 0.717) is 6.61 Å². The molecule has 0 N–H and O–H groups in total. The smallest absolute Gasteiger partial charge is 0.405 e. The lowest BCUT2D eigenvalue weighted by atomic mass is 9.89. The molecule has 0 aliphatic carbocycles. The van der Waals surface area contributed by atoms with Gasteiger partial charge in [-0.25, -0.2) is 0 Å².